The SMILES string of the molecule is CN1CCC2(CC1)CNSc1ncccc12. The van der Waals surface area contributed by atoms with E-state index in [2.05, 4.69) is 33.8 Å². The lowest BCUT2D eigenvalue weighted by Crippen LogP contribution is -2.48. The van der Waals surface area contributed by atoms with Gasteiger partial charge in [0.25, 0.3) is 0 Å². The molecule has 0 atom stereocenters. The van der Waals surface area contributed by atoms with Gasteiger partial charge in [-0.25, -0.2) is 4.98 Å². The van der Waals surface area contributed by atoms with Gasteiger partial charge >= 0.3 is 0 Å². The van der Waals surface area contributed by atoms with Crippen molar-refractivity contribution in [2.45, 2.75) is 23.3 Å². The predicted molar refractivity (Wildman–Crippen MR) is 66.5 cm³/mol. The molecular weight excluding hydrogens is 218 g/mol. The Morgan fingerprint density at radius 2 is 2.25 bits per heavy atom. The second-order valence-corrected chi connectivity index (χ2v) is 5.74. The number of aromatic nitrogens is 1. The normalized spacial score (nSPS) is 24.3. The van der Waals surface area contributed by atoms with Crippen LogP contribution in [-0.2, 0) is 5.41 Å². The van der Waals surface area contributed by atoms with Crippen molar-refractivity contribution in [3.05, 3.63) is 23.9 Å². The summed E-state index contributed by atoms with van der Waals surface area (Å²) in [6.45, 7) is 3.48. The molecule has 2 aliphatic heterocycles. The summed E-state index contributed by atoms with van der Waals surface area (Å²) in [6.07, 6.45) is 4.38. The predicted octanol–water partition coefficient (Wildman–Crippen LogP) is 1.66. The Labute approximate surface area is 101 Å². The van der Waals surface area contributed by atoms with E-state index in [4.69, 9.17) is 0 Å². The maximum Gasteiger partial charge on any atom is 0.115 e. The number of hydrogen-bond acceptors (Lipinski definition) is 4. The third-order valence-electron chi connectivity index (χ3n) is 3.87. The summed E-state index contributed by atoms with van der Waals surface area (Å²) in [5.74, 6) is 0. The van der Waals surface area contributed by atoms with Crippen LogP contribution < -0.4 is 4.72 Å². The molecule has 3 nitrogen and oxygen atoms in total. The van der Waals surface area contributed by atoms with Crippen molar-refractivity contribution in [2.75, 3.05) is 26.7 Å². The molecule has 1 spiro atoms. The first-order valence-electron chi connectivity index (χ1n) is 5.84. The minimum Gasteiger partial charge on any atom is -0.306 e. The molecular formula is C12H17N3S. The van der Waals surface area contributed by atoms with Gasteiger partial charge in [-0.3, -0.25) is 4.72 Å². The molecule has 0 radical (unpaired) electrons. The third kappa shape index (κ3) is 1.65. The summed E-state index contributed by atoms with van der Waals surface area (Å²) in [4.78, 5) is 6.89. The van der Waals surface area contributed by atoms with Crippen LogP contribution in [0.5, 0.6) is 0 Å². The number of likely N-dealkylation sites (tertiary alicyclic amines) is 1. The number of nitrogens with one attached hydrogen (secondary N) is 1. The maximum atomic E-state index is 4.47. The van der Waals surface area contributed by atoms with Crippen molar-refractivity contribution in [2.24, 2.45) is 0 Å². The molecule has 0 bridgehead atoms. The number of nitrogens with zero attached hydrogens (tertiary/aromatic N) is 2. The number of piperidine rings is 1. The standard InChI is InChI=1S/C12H17N3S/c1-15-7-4-12(5-8-15)9-14-16-11-10(12)3-2-6-13-11/h2-3,6,14H,4-5,7-9H2,1H3. The van der Waals surface area contributed by atoms with Crippen molar-refractivity contribution in [3.8, 4) is 0 Å². The highest BCUT2D eigenvalue weighted by Gasteiger charge is 2.39. The number of fused-ring (bicyclic) bond motifs is 2. The molecule has 1 saturated heterocycles. The highest BCUT2D eigenvalue weighted by Crippen LogP contribution is 2.41. The van der Waals surface area contributed by atoms with Crippen LogP contribution in [-0.4, -0.2) is 36.6 Å². The van der Waals surface area contributed by atoms with E-state index < -0.39 is 0 Å². The fourth-order valence-corrected chi connectivity index (χ4v) is 3.70. The smallest absolute Gasteiger partial charge is 0.115 e. The van der Waals surface area contributed by atoms with Gasteiger partial charge in [-0.05, 0) is 56.6 Å². The second-order valence-electron chi connectivity index (χ2n) is 4.86. The highest BCUT2D eigenvalue weighted by atomic mass is 32.2. The summed E-state index contributed by atoms with van der Waals surface area (Å²) in [5, 5.41) is 1.18. The number of hydrogen-bond donors (Lipinski definition) is 1. The van der Waals surface area contributed by atoms with Gasteiger partial charge in [-0.1, -0.05) is 6.07 Å². The Morgan fingerprint density at radius 3 is 3.06 bits per heavy atom. The molecule has 0 unspecified atom stereocenters. The first kappa shape index (κ1) is 10.6. The van der Waals surface area contributed by atoms with Gasteiger partial charge < -0.3 is 4.90 Å². The van der Waals surface area contributed by atoms with Crippen LogP contribution in [0.3, 0.4) is 0 Å². The molecule has 1 aromatic rings. The van der Waals surface area contributed by atoms with E-state index in [0.29, 0.717) is 5.41 Å². The van der Waals surface area contributed by atoms with E-state index in [-0.39, 0.29) is 0 Å². The molecule has 0 aliphatic carbocycles. The number of rotatable bonds is 0. The van der Waals surface area contributed by atoms with Gasteiger partial charge in [0.15, 0.2) is 0 Å². The number of pyridine rings is 1. The molecule has 0 aromatic carbocycles. The van der Waals surface area contributed by atoms with Gasteiger partial charge in [0.2, 0.25) is 0 Å². The topological polar surface area (TPSA) is 28.2 Å². The Balaban J connectivity index is 1.97. The van der Waals surface area contributed by atoms with Crippen LogP contribution in [0.25, 0.3) is 0 Å². The molecule has 1 N–H and O–H groups in total. The van der Waals surface area contributed by atoms with E-state index in [1.165, 1.54) is 36.5 Å². The first-order valence-corrected chi connectivity index (χ1v) is 6.66. The fourth-order valence-electron chi connectivity index (χ4n) is 2.71. The molecule has 0 amide bonds. The average Bonchev–Trinajstić information content (AvgIpc) is 2.34. The van der Waals surface area contributed by atoms with Gasteiger partial charge in [-0.2, -0.15) is 0 Å². The Kier molecular flexibility index (Phi) is 2.65. The van der Waals surface area contributed by atoms with Crippen molar-refractivity contribution in [3.63, 3.8) is 0 Å². The van der Waals surface area contributed by atoms with Gasteiger partial charge in [0.05, 0.1) is 0 Å². The fraction of sp³-hybridized carbons (Fsp3) is 0.583. The molecule has 1 aromatic heterocycles. The van der Waals surface area contributed by atoms with Crippen molar-refractivity contribution in [1.29, 1.82) is 0 Å². The Morgan fingerprint density at radius 1 is 1.44 bits per heavy atom. The van der Waals surface area contributed by atoms with E-state index in [1.54, 1.807) is 11.9 Å². The quantitative estimate of drug-likeness (QED) is 0.692. The molecule has 1 fully saturated rings. The highest BCUT2D eigenvalue weighted by molar-refractivity contribution is 7.97. The van der Waals surface area contributed by atoms with Crippen molar-refractivity contribution < 1.29 is 0 Å². The molecule has 86 valence electrons. The summed E-state index contributed by atoms with van der Waals surface area (Å²) in [6, 6.07) is 4.34. The van der Waals surface area contributed by atoms with Crippen LogP contribution >= 0.6 is 11.9 Å². The minimum atomic E-state index is 0.335. The Hall–Kier alpha value is -0.580. The lowest BCUT2D eigenvalue weighted by atomic mass is 9.73. The maximum absolute atomic E-state index is 4.47. The molecule has 2 aliphatic rings. The van der Waals surface area contributed by atoms with Crippen molar-refractivity contribution >= 4 is 11.9 Å². The zero-order valence-electron chi connectivity index (χ0n) is 9.57. The van der Waals surface area contributed by atoms with Crippen LogP contribution in [0.15, 0.2) is 23.4 Å². The summed E-state index contributed by atoms with van der Waals surface area (Å²) in [7, 11) is 2.21. The first-order chi connectivity index (χ1) is 7.80. The zero-order valence-corrected chi connectivity index (χ0v) is 10.4. The average molecular weight is 235 g/mol. The van der Waals surface area contributed by atoms with Crippen LogP contribution in [0.1, 0.15) is 18.4 Å². The summed E-state index contributed by atoms with van der Waals surface area (Å²) >= 11 is 1.68. The third-order valence-corrected chi connectivity index (χ3v) is 4.67. The van der Waals surface area contributed by atoms with E-state index in [0.717, 1.165) is 6.54 Å². The molecule has 3 rings (SSSR count). The minimum absolute atomic E-state index is 0.335. The monoisotopic (exact) mass is 235 g/mol. The van der Waals surface area contributed by atoms with E-state index >= 15 is 0 Å². The zero-order chi connectivity index (χ0) is 11.0. The summed E-state index contributed by atoms with van der Waals surface area (Å²) < 4.78 is 3.45. The lowest BCUT2D eigenvalue weighted by molar-refractivity contribution is 0.184. The van der Waals surface area contributed by atoms with E-state index in [9.17, 15) is 0 Å². The summed E-state index contributed by atoms with van der Waals surface area (Å²) in [5.41, 5.74) is 1.80. The van der Waals surface area contributed by atoms with Crippen LogP contribution in [0, 0.1) is 0 Å². The second kappa shape index (κ2) is 4.02. The largest absolute Gasteiger partial charge is 0.306 e. The molecule has 16 heavy (non-hydrogen) atoms. The molecule has 3 heterocycles. The van der Waals surface area contributed by atoms with E-state index in [1.807, 2.05) is 6.20 Å². The molecule has 0 saturated carbocycles. The van der Waals surface area contributed by atoms with Crippen LogP contribution in [0.2, 0.25) is 0 Å². The Bertz CT molecular complexity index is 386. The van der Waals surface area contributed by atoms with Gasteiger partial charge in [0, 0.05) is 18.2 Å². The van der Waals surface area contributed by atoms with Crippen molar-refractivity contribution in [1.82, 2.24) is 14.6 Å². The molecule has 4 heteroatoms. The lowest BCUT2D eigenvalue weighted by Gasteiger charge is -2.43. The van der Waals surface area contributed by atoms with Gasteiger partial charge in [-0.15, -0.1) is 0 Å². The van der Waals surface area contributed by atoms with Crippen LogP contribution in [0.4, 0.5) is 0 Å². The van der Waals surface area contributed by atoms with Gasteiger partial charge in [0.1, 0.15) is 5.03 Å².